The summed E-state index contributed by atoms with van der Waals surface area (Å²) in [6.07, 6.45) is 0.308. The second-order valence-corrected chi connectivity index (χ2v) is 5.89. The van der Waals surface area contributed by atoms with Crippen LogP contribution in [0.15, 0.2) is 15.9 Å². The monoisotopic (exact) mass is 305 g/mol. The van der Waals surface area contributed by atoms with Crippen molar-refractivity contribution in [3.63, 3.8) is 0 Å². The Kier molecular flexibility index (Phi) is 4.95. The van der Waals surface area contributed by atoms with E-state index < -0.39 is 5.97 Å². The van der Waals surface area contributed by atoms with Gasteiger partial charge in [-0.25, -0.2) is 0 Å². The van der Waals surface area contributed by atoms with Crippen molar-refractivity contribution in [1.82, 2.24) is 4.90 Å². The van der Waals surface area contributed by atoms with E-state index in [4.69, 9.17) is 5.11 Å². The van der Waals surface area contributed by atoms with Gasteiger partial charge in [0.2, 0.25) is 5.91 Å². The fourth-order valence-electron chi connectivity index (χ4n) is 1.12. The molecule has 1 amide bonds. The molecule has 0 unspecified atom stereocenters. The van der Waals surface area contributed by atoms with Gasteiger partial charge in [0.05, 0.1) is 16.6 Å². The maximum Gasteiger partial charge on any atom is 0.305 e. The predicted octanol–water partition coefficient (Wildman–Crippen LogP) is 1.99. The van der Waals surface area contributed by atoms with Crippen LogP contribution < -0.4 is 0 Å². The summed E-state index contributed by atoms with van der Waals surface area (Å²) in [7, 11) is 1.62. The largest absolute Gasteiger partial charge is 0.481 e. The van der Waals surface area contributed by atoms with Crippen molar-refractivity contribution >= 4 is 39.1 Å². The zero-order chi connectivity index (χ0) is 12.1. The van der Waals surface area contributed by atoms with Gasteiger partial charge in [-0.2, -0.15) is 0 Å². The predicted molar refractivity (Wildman–Crippen MR) is 65.6 cm³/mol. The van der Waals surface area contributed by atoms with Crippen LogP contribution in [0.25, 0.3) is 0 Å². The molecule has 0 fully saturated rings. The number of aliphatic carboxylic acids is 1. The van der Waals surface area contributed by atoms with Gasteiger partial charge in [0.25, 0.3) is 0 Å². The Balaban J connectivity index is 2.42. The minimum atomic E-state index is -0.890. The number of rotatable bonds is 5. The topological polar surface area (TPSA) is 57.6 Å². The normalized spacial score (nSPS) is 10.1. The lowest BCUT2D eigenvalue weighted by Gasteiger charge is -2.15. The zero-order valence-electron chi connectivity index (χ0n) is 8.77. The first-order chi connectivity index (χ1) is 7.49. The van der Waals surface area contributed by atoms with Gasteiger partial charge in [0.15, 0.2) is 0 Å². The minimum absolute atomic E-state index is 0.0175. The van der Waals surface area contributed by atoms with E-state index in [9.17, 15) is 9.59 Å². The van der Waals surface area contributed by atoms with Crippen LogP contribution in [-0.4, -0.2) is 35.5 Å². The molecule has 0 saturated carbocycles. The first kappa shape index (κ1) is 13.2. The van der Waals surface area contributed by atoms with E-state index in [-0.39, 0.29) is 18.9 Å². The summed E-state index contributed by atoms with van der Waals surface area (Å²) in [5.74, 6) is -0.950. The van der Waals surface area contributed by atoms with E-state index in [0.717, 1.165) is 8.66 Å². The summed E-state index contributed by atoms with van der Waals surface area (Å²) >= 11 is 4.84. The number of halogens is 1. The molecule has 1 heterocycles. The van der Waals surface area contributed by atoms with Crippen LogP contribution in [0.1, 0.15) is 11.3 Å². The molecule has 4 nitrogen and oxygen atoms in total. The molecule has 0 radical (unpaired) electrons. The first-order valence-electron chi connectivity index (χ1n) is 4.69. The van der Waals surface area contributed by atoms with E-state index >= 15 is 0 Å². The van der Waals surface area contributed by atoms with Crippen molar-refractivity contribution in [2.45, 2.75) is 12.8 Å². The number of carbonyl (C=O) groups is 2. The highest BCUT2D eigenvalue weighted by Crippen LogP contribution is 2.22. The number of carboxylic acid groups (broad SMARTS) is 1. The summed E-state index contributed by atoms with van der Waals surface area (Å²) in [5.41, 5.74) is 0. The number of nitrogens with zero attached hydrogens (tertiary/aromatic N) is 1. The summed E-state index contributed by atoms with van der Waals surface area (Å²) in [5, 5.41) is 8.50. The number of hydrogen-bond acceptors (Lipinski definition) is 3. The number of carbonyl (C=O) groups excluding carboxylic acids is 1. The van der Waals surface area contributed by atoms with Crippen molar-refractivity contribution in [1.29, 1.82) is 0 Å². The van der Waals surface area contributed by atoms with E-state index in [0.29, 0.717) is 6.42 Å². The summed E-state index contributed by atoms with van der Waals surface area (Å²) in [4.78, 5) is 24.4. The third-order valence-corrected chi connectivity index (χ3v) is 3.66. The highest BCUT2D eigenvalue weighted by molar-refractivity contribution is 9.11. The average Bonchev–Trinajstić information content (AvgIpc) is 2.60. The van der Waals surface area contributed by atoms with Crippen LogP contribution in [0.2, 0.25) is 0 Å². The van der Waals surface area contributed by atoms with Crippen LogP contribution in [0.5, 0.6) is 0 Å². The molecule has 1 aromatic heterocycles. The molecule has 6 heteroatoms. The lowest BCUT2D eigenvalue weighted by Crippen LogP contribution is -2.30. The van der Waals surface area contributed by atoms with Gasteiger partial charge in [0, 0.05) is 18.5 Å². The lowest BCUT2D eigenvalue weighted by molar-refractivity contribution is -0.138. The average molecular weight is 306 g/mol. The first-order valence-corrected chi connectivity index (χ1v) is 6.30. The van der Waals surface area contributed by atoms with Crippen molar-refractivity contribution < 1.29 is 14.7 Å². The summed E-state index contributed by atoms with van der Waals surface area (Å²) < 4.78 is 0.989. The molecule has 0 spiro atoms. The summed E-state index contributed by atoms with van der Waals surface area (Å²) in [6.45, 7) is 0.251. The highest BCUT2D eigenvalue weighted by atomic mass is 79.9. The second-order valence-electron chi connectivity index (χ2n) is 3.34. The molecule has 0 aliphatic carbocycles. The van der Waals surface area contributed by atoms with Crippen molar-refractivity contribution in [2.24, 2.45) is 0 Å². The Morgan fingerprint density at radius 3 is 2.69 bits per heavy atom. The van der Waals surface area contributed by atoms with Crippen LogP contribution in [-0.2, 0) is 16.0 Å². The molecule has 0 aliphatic rings. The Labute approximate surface area is 106 Å². The van der Waals surface area contributed by atoms with Gasteiger partial charge in [-0.3, -0.25) is 9.59 Å². The fraction of sp³-hybridized carbons (Fsp3) is 0.400. The molecule has 16 heavy (non-hydrogen) atoms. The third kappa shape index (κ3) is 4.32. The molecule has 0 aromatic carbocycles. The molecule has 0 atom stereocenters. The second kappa shape index (κ2) is 6.00. The van der Waals surface area contributed by atoms with Crippen LogP contribution in [0, 0.1) is 0 Å². The van der Waals surface area contributed by atoms with Crippen molar-refractivity contribution in [2.75, 3.05) is 13.6 Å². The maximum absolute atomic E-state index is 11.7. The Bertz CT molecular complexity index is 391. The minimum Gasteiger partial charge on any atom is -0.481 e. The fourth-order valence-corrected chi connectivity index (χ4v) is 2.59. The number of likely N-dealkylation sites (N-methyl/N-ethyl adjacent to an activating group) is 1. The van der Waals surface area contributed by atoms with Gasteiger partial charge >= 0.3 is 5.97 Å². The number of hydrogen-bond donors (Lipinski definition) is 1. The lowest BCUT2D eigenvalue weighted by atomic mass is 10.3. The van der Waals surface area contributed by atoms with E-state index in [1.165, 1.54) is 16.2 Å². The van der Waals surface area contributed by atoms with E-state index in [1.807, 2.05) is 12.1 Å². The molecule has 0 aliphatic heterocycles. The Hall–Kier alpha value is -0.880. The molecule has 88 valence electrons. The van der Waals surface area contributed by atoms with E-state index in [2.05, 4.69) is 15.9 Å². The van der Waals surface area contributed by atoms with Gasteiger partial charge in [0.1, 0.15) is 0 Å². The molecule has 0 bridgehead atoms. The van der Waals surface area contributed by atoms with Crippen molar-refractivity contribution in [3.8, 4) is 0 Å². The Morgan fingerprint density at radius 1 is 1.50 bits per heavy atom. The highest BCUT2D eigenvalue weighted by Gasteiger charge is 2.11. The van der Waals surface area contributed by atoms with Crippen LogP contribution >= 0.6 is 27.3 Å². The standard InChI is InChI=1S/C10H12BrNO3S/c1-12(5-4-10(14)15)9(13)6-7-2-3-8(11)16-7/h2-3H,4-6H2,1H3,(H,14,15). The van der Waals surface area contributed by atoms with Gasteiger partial charge < -0.3 is 10.0 Å². The zero-order valence-corrected chi connectivity index (χ0v) is 11.2. The third-order valence-electron chi connectivity index (χ3n) is 2.04. The van der Waals surface area contributed by atoms with Gasteiger partial charge in [-0.05, 0) is 28.1 Å². The van der Waals surface area contributed by atoms with Crippen LogP contribution in [0.3, 0.4) is 0 Å². The van der Waals surface area contributed by atoms with Gasteiger partial charge in [-0.15, -0.1) is 11.3 Å². The Morgan fingerprint density at radius 2 is 2.19 bits per heavy atom. The van der Waals surface area contributed by atoms with Gasteiger partial charge in [-0.1, -0.05) is 0 Å². The molecule has 1 N–H and O–H groups in total. The van der Waals surface area contributed by atoms with E-state index in [1.54, 1.807) is 7.05 Å². The SMILES string of the molecule is CN(CCC(=O)O)C(=O)Cc1ccc(Br)s1. The van der Waals surface area contributed by atoms with Crippen LogP contribution in [0.4, 0.5) is 0 Å². The summed E-state index contributed by atoms with van der Waals surface area (Å²) in [6, 6.07) is 3.78. The molecule has 1 rings (SSSR count). The molecule has 0 saturated heterocycles. The maximum atomic E-state index is 11.7. The number of amides is 1. The number of thiophene rings is 1. The van der Waals surface area contributed by atoms with Crippen molar-refractivity contribution in [3.05, 3.63) is 20.8 Å². The number of carboxylic acids is 1. The quantitative estimate of drug-likeness (QED) is 0.905. The molecule has 1 aromatic rings. The smallest absolute Gasteiger partial charge is 0.305 e. The molecular weight excluding hydrogens is 294 g/mol. The molecular formula is C10H12BrNO3S.